The van der Waals surface area contributed by atoms with E-state index < -0.39 is 42.0 Å². The van der Waals surface area contributed by atoms with E-state index in [2.05, 4.69) is 28.4 Å². The summed E-state index contributed by atoms with van der Waals surface area (Å²) in [5.74, 6) is -1.11. The summed E-state index contributed by atoms with van der Waals surface area (Å²) in [6.45, 7) is 9.61. The number of allylic oxidation sites excluding steroid dienone is 2. The molecular formula is C32H48N2O10. The number of aliphatic hydroxyl groups is 1. The summed E-state index contributed by atoms with van der Waals surface area (Å²) in [6, 6.07) is -0.141. The van der Waals surface area contributed by atoms with Gasteiger partial charge in [0.15, 0.2) is 0 Å². The number of carbonyl (C=O) groups excluding carboxylic acids is 4. The molecule has 0 aromatic rings. The molecule has 0 aromatic heterocycles. The van der Waals surface area contributed by atoms with Crippen LogP contribution < -0.4 is 10.6 Å². The second kappa shape index (κ2) is 16.3. The molecule has 12 nitrogen and oxygen atoms in total. The van der Waals surface area contributed by atoms with Crippen molar-refractivity contribution in [1.82, 2.24) is 10.6 Å². The summed E-state index contributed by atoms with van der Waals surface area (Å²) in [7, 11) is 1.30. The van der Waals surface area contributed by atoms with E-state index in [1.54, 1.807) is 19.1 Å². The molecule has 3 aliphatic rings. The van der Waals surface area contributed by atoms with Crippen molar-refractivity contribution in [1.29, 1.82) is 0 Å². The number of esters is 2. The van der Waals surface area contributed by atoms with Crippen LogP contribution in [-0.2, 0) is 42.9 Å². The fourth-order valence-electron chi connectivity index (χ4n) is 5.57. The van der Waals surface area contributed by atoms with E-state index in [0.717, 1.165) is 12.0 Å². The molecule has 0 aliphatic carbocycles. The number of nitrogens with one attached hydrogen (secondary N) is 2. The third-order valence-electron chi connectivity index (χ3n) is 8.22. The van der Waals surface area contributed by atoms with Gasteiger partial charge in [-0.05, 0) is 45.6 Å². The first-order valence-electron chi connectivity index (χ1n) is 15.3. The van der Waals surface area contributed by atoms with Crippen LogP contribution in [-0.4, -0.2) is 97.4 Å². The first kappa shape index (κ1) is 35.4. The highest BCUT2D eigenvalue weighted by atomic mass is 16.6. The van der Waals surface area contributed by atoms with Gasteiger partial charge in [0.05, 0.1) is 50.9 Å². The molecule has 3 rings (SSSR count). The molecule has 44 heavy (non-hydrogen) atoms. The molecule has 0 saturated carbocycles. The molecule has 2 amide bonds. The van der Waals surface area contributed by atoms with Crippen LogP contribution in [0.2, 0.25) is 0 Å². The minimum atomic E-state index is -0.848. The Labute approximate surface area is 259 Å². The number of epoxide rings is 1. The minimum absolute atomic E-state index is 0.0252. The summed E-state index contributed by atoms with van der Waals surface area (Å²) in [5.41, 5.74) is 0.270. The third kappa shape index (κ3) is 10.8. The maximum absolute atomic E-state index is 12.4. The van der Waals surface area contributed by atoms with E-state index >= 15 is 0 Å². The molecule has 9 atom stereocenters. The van der Waals surface area contributed by atoms with Crippen molar-refractivity contribution in [3.63, 3.8) is 0 Å². The molecule has 1 spiro atoms. The van der Waals surface area contributed by atoms with Crippen molar-refractivity contribution in [3.8, 4) is 0 Å². The van der Waals surface area contributed by atoms with Crippen molar-refractivity contribution in [2.24, 2.45) is 5.92 Å². The summed E-state index contributed by atoms with van der Waals surface area (Å²) in [4.78, 5) is 47.1. The van der Waals surface area contributed by atoms with Crippen LogP contribution in [0.4, 0.5) is 0 Å². The van der Waals surface area contributed by atoms with Gasteiger partial charge in [0.25, 0.3) is 0 Å². The lowest BCUT2D eigenvalue weighted by molar-refractivity contribution is -0.145. The lowest BCUT2D eigenvalue weighted by Crippen LogP contribution is -2.51. The number of aliphatic hydroxyl groups excluding tert-OH is 1. The number of amides is 2. The van der Waals surface area contributed by atoms with Gasteiger partial charge in [0.1, 0.15) is 23.9 Å². The molecule has 0 bridgehead atoms. The Hall–Kier alpha value is -3.06. The van der Waals surface area contributed by atoms with E-state index in [4.69, 9.17) is 18.9 Å². The molecule has 12 heteroatoms. The normalized spacial score (nSPS) is 32.8. The largest absolute Gasteiger partial charge is 0.469 e. The molecule has 3 N–H and O–H groups in total. The first-order chi connectivity index (χ1) is 20.8. The first-order valence-corrected chi connectivity index (χ1v) is 15.3. The van der Waals surface area contributed by atoms with Gasteiger partial charge in [0.2, 0.25) is 11.8 Å². The SMILES string of the molecule is COC(=O)CCNC(=O)C[C@@H]1C[C@@]2(CO2)[C@H](O)[C@@H](/C=C/C(C)=C/C[C@@H]2O[C@H](C)[C@H](NC(=O)/C=C\[C@H](C)OC(C)=O)C[C@@H]2C)O1. The number of hydrogen-bond acceptors (Lipinski definition) is 10. The molecule has 0 unspecified atom stereocenters. The summed E-state index contributed by atoms with van der Waals surface area (Å²) in [5, 5.41) is 16.6. The molecule has 3 heterocycles. The van der Waals surface area contributed by atoms with Crippen molar-refractivity contribution < 1.29 is 48.0 Å². The van der Waals surface area contributed by atoms with Gasteiger partial charge in [0, 0.05) is 26.0 Å². The maximum Gasteiger partial charge on any atom is 0.307 e. The highest BCUT2D eigenvalue weighted by molar-refractivity contribution is 5.87. The second-order valence-electron chi connectivity index (χ2n) is 12.0. The van der Waals surface area contributed by atoms with Crippen LogP contribution in [0.25, 0.3) is 0 Å². The Kier molecular flexibility index (Phi) is 13.1. The Morgan fingerprint density at radius 3 is 2.52 bits per heavy atom. The fraction of sp³-hybridized carbons (Fsp3) is 0.688. The third-order valence-corrected chi connectivity index (χ3v) is 8.22. The monoisotopic (exact) mass is 620 g/mol. The molecule has 3 saturated heterocycles. The average molecular weight is 621 g/mol. The highest BCUT2D eigenvalue weighted by Gasteiger charge is 2.58. The smallest absolute Gasteiger partial charge is 0.307 e. The summed E-state index contributed by atoms with van der Waals surface area (Å²) in [6.07, 6.45) is 8.12. The zero-order chi connectivity index (χ0) is 32.4. The molecule has 246 valence electrons. The number of rotatable bonds is 13. The average Bonchev–Trinajstić information content (AvgIpc) is 3.73. The van der Waals surface area contributed by atoms with Gasteiger partial charge in [-0.25, -0.2) is 0 Å². The minimum Gasteiger partial charge on any atom is -0.469 e. The summed E-state index contributed by atoms with van der Waals surface area (Å²) >= 11 is 0. The van der Waals surface area contributed by atoms with Crippen LogP contribution in [0.1, 0.15) is 66.7 Å². The predicted octanol–water partition coefficient (Wildman–Crippen LogP) is 2.04. The Balaban J connectivity index is 1.48. The number of carbonyl (C=O) groups is 4. The van der Waals surface area contributed by atoms with E-state index in [9.17, 15) is 24.3 Å². The lowest BCUT2D eigenvalue weighted by atomic mass is 9.87. The molecule has 3 aliphatic heterocycles. The molecule has 0 aromatic carbocycles. The van der Waals surface area contributed by atoms with Gasteiger partial charge in [-0.2, -0.15) is 0 Å². The van der Waals surface area contributed by atoms with Gasteiger partial charge >= 0.3 is 11.9 Å². The van der Waals surface area contributed by atoms with Gasteiger partial charge < -0.3 is 39.4 Å². The molecular weight excluding hydrogens is 572 g/mol. The van der Waals surface area contributed by atoms with Gasteiger partial charge in [-0.3, -0.25) is 19.2 Å². The van der Waals surface area contributed by atoms with Crippen LogP contribution in [0.3, 0.4) is 0 Å². The second-order valence-corrected chi connectivity index (χ2v) is 12.0. The number of ether oxygens (including phenoxy) is 5. The molecule has 0 radical (unpaired) electrons. The van der Waals surface area contributed by atoms with Gasteiger partial charge in [-0.15, -0.1) is 0 Å². The van der Waals surface area contributed by atoms with E-state index in [-0.39, 0.29) is 55.4 Å². The Morgan fingerprint density at radius 1 is 1.14 bits per heavy atom. The van der Waals surface area contributed by atoms with E-state index in [1.165, 1.54) is 20.1 Å². The van der Waals surface area contributed by atoms with Crippen LogP contribution in [0, 0.1) is 5.92 Å². The number of hydrogen-bond donors (Lipinski definition) is 3. The highest BCUT2D eigenvalue weighted by Crippen LogP contribution is 2.43. The van der Waals surface area contributed by atoms with Crippen molar-refractivity contribution in [2.75, 3.05) is 20.3 Å². The zero-order valence-corrected chi connectivity index (χ0v) is 26.6. The Bertz CT molecular complexity index is 1110. The summed E-state index contributed by atoms with van der Waals surface area (Å²) < 4.78 is 27.5. The van der Waals surface area contributed by atoms with Crippen LogP contribution >= 0.6 is 0 Å². The predicted molar refractivity (Wildman–Crippen MR) is 160 cm³/mol. The van der Waals surface area contributed by atoms with E-state index in [1.807, 2.05) is 19.9 Å². The van der Waals surface area contributed by atoms with Crippen molar-refractivity contribution in [2.45, 2.75) is 115 Å². The molecule has 3 fully saturated rings. The fourth-order valence-corrected chi connectivity index (χ4v) is 5.57. The number of methoxy groups -OCH3 is 1. The topological polar surface area (TPSA) is 162 Å². The maximum atomic E-state index is 12.4. The lowest BCUT2D eigenvalue weighted by Gasteiger charge is -2.39. The van der Waals surface area contributed by atoms with Crippen LogP contribution in [0.5, 0.6) is 0 Å². The van der Waals surface area contributed by atoms with Crippen LogP contribution in [0.15, 0.2) is 36.0 Å². The van der Waals surface area contributed by atoms with Crippen molar-refractivity contribution in [3.05, 3.63) is 36.0 Å². The zero-order valence-electron chi connectivity index (χ0n) is 26.6. The quantitative estimate of drug-likeness (QED) is 0.120. The van der Waals surface area contributed by atoms with E-state index in [0.29, 0.717) is 19.4 Å². The standard InChI is InChI=1S/C32H48N2O10/c1-19(7-10-26-20(2)15-25(22(4)43-26)34-28(36)12-9-21(3)42-23(5)35)8-11-27-31(39)32(18-41-32)17-24(44-27)16-29(37)33-14-13-30(38)40-6/h7-9,11-12,20-22,24-27,31,39H,10,13-18H2,1-6H3,(H,33,37)(H,34,36)/b11-8+,12-9-,19-7+/t20-,21-,22+,24+,25+,26-,27+,31+,32+/m0/s1. The Morgan fingerprint density at radius 2 is 1.86 bits per heavy atom. The van der Waals surface area contributed by atoms with Crippen molar-refractivity contribution >= 4 is 23.8 Å². The van der Waals surface area contributed by atoms with Gasteiger partial charge in [-0.1, -0.05) is 30.7 Å².